The van der Waals surface area contributed by atoms with E-state index in [9.17, 15) is 9.59 Å². The number of rotatable bonds is 4. The summed E-state index contributed by atoms with van der Waals surface area (Å²) in [6.07, 6.45) is 0. The van der Waals surface area contributed by atoms with Gasteiger partial charge in [0, 0.05) is 11.1 Å². The molecule has 0 saturated heterocycles. The van der Waals surface area contributed by atoms with E-state index >= 15 is 0 Å². The van der Waals surface area contributed by atoms with Crippen LogP contribution in [0.1, 0.15) is 16.7 Å². The number of nitrogens with one attached hydrogen (secondary N) is 1. The van der Waals surface area contributed by atoms with Gasteiger partial charge in [-0.25, -0.2) is 4.79 Å². The van der Waals surface area contributed by atoms with Gasteiger partial charge in [0.05, 0.1) is 17.4 Å². The second-order valence-corrected chi connectivity index (χ2v) is 8.49. The van der Waals surface area contributed by atoms with Crippen LogP contribution in [0.15, 0.2) is 68.7 Å². The number of H-pyrrole nitrogens is 1. The third-order valence-corrected chi connectivity index (χ3v) is 6.20. The standard InChI is InChI=1S/C26H20N4O5/c1-14-3-5-17(9-15(14)2)23-28-24(35-29-23)18-6-7-19-20(11-18)27-26(32)30(25(19)31)12-16-4-8-21-22(10-16)34-13-33-21/h3-11H,12-13H2,1-2H3,(H,27,32). The summed E-state index contributed by atoms with van der Waals surface area (Å²) in [6.45, 7) is 4.33. The molecule has 5 aromatic rings. The molecule has 0 amide bonds. The topological polar surface area (TPSA) is 112 Å². The fourth-order valence-corrected chi connectivity index (χ4v) is 4.09. The molecule has 2 aromatic heterocycles. The number of aromatic amines is 1. The smallest absolute Gasteiger partial charge is 0.329 e. The lowest BCUT2D eigenvalue weighted by Crippen LogP contribution is -2.35. The van der Waals surface area contributed by atoms with Gasteiger partial charge in [-0.15, -0.1) is 0 Å². The SMILES string of the molecule is Cc1ccc(-c2noc(-c3ccc4c(=O)n(Cc5ccc6c(c5)OCO6)c(=O)[nH]c4c3)n2)cc1C. The average molecular weight is 468 g/mol. The molecule has 9 heteroatoms. The van der Waals surface area contributed by atoms with E-state index in [-0.39, 0.29) is 13.3 Å². The van der Waals surface area contributed by atoms with Crippen LogP contribution in [0.2, 0.25) is 0 Å². The molecule has 0 bridgehead atoms. The van der Waals surface area contributed by atoms with Crippen molar-refractivity contribution in [3.8, 4) is 34.3 Å². The van der Waals surface area contributed by atoms with Crippen molar-refractivity contribution in [1.29, 1.82) is 0 Å². The van der Waals surface area contributed by atoms with Gasteiger partial charge >= 0.3 is 5.69 Å². The van der Waals surface area contributed by atoms with Crippen LogP contribution in [-0.2, 0) is 6.54 Å². The van der Waals surface area contributed by atoms with Gasteiger partial charge in [-0.05, 0) is 66.9 Å². The first kappa shape index (κ1) is 20.9. The monoisotopic (exact) mass is 468 g/mol. The zero-order valence-electron chi connectivity index (χ0n) is 19.0. The van der Waals surface area contributed by atoms with E-state index in [1.807, 2.05) is 32.0 Å². The summed E-state index contributed by atoms with van der Waals surface area (Å²) < 4.78 is 17.3. The zero-order valence-corrected chi connectivity index (χ0v) is 19.0. The van der Waals surface area contributed by atoms with Gasteiger partial charge in [-0.1, -0.05) is 23.4 Å². The zero-order chi connectivity index (χ0) is 24.1. The van der Waals surface area contributed by atoms with E-state index in [1.54, 1.807) is 36.4 Å². The molecule has 1 N–H and O–H groups in total. The number of aryl methyl sites for hydroxylation is 2. The number of hydrogen-bond donors (Lipinski definition) is 1. The van der Waals surface area contributed by atoms with Gasteiger partial charge in [0.25, 0.3) is 11.4 Å². The Balaban J connectivity index is 1.34. The van der Waals surface area contributed by atoms with Gasteiger partial charge in [0.2, 0.25) is 12.6 Å². The molecule has 1 aliphatic rings. The van der Waals surface area contributed by atoms with E-state index in [0.29, 0.717) is 39.7 Å². The minimum Gasteiger partial charge on any atom is -0.454 e. The molecule has 0 aliphatic carbocycles. The summed E-state index contributed by atoms with van der Waals surface area (Å²) in [5.74, 6) is 2.00. The highest BCUT2D eigenvalue weighted by molar-refractivity contribution is 5.82. The van der Waals surface area contributed by atoms with Crippen molar-refractivity contribution in [3.05, 3.63) is 92.1 Å². The molecule has 0 fully saturated rings. The number of hydrogen-bond acceptors (Lipinski definition) is 7. The van der Waals surface area contributed by atoms with E-state index in [1.165, 1.54) is 5.56 Å². The molecule has 3 aromatic carbocycles. The number of benzene rings is 3. The molecule has 9 nitrogen and oxygen atoms in total. The molecule has 35 heavy (non-hydrogen) atoms. The molecule has 0 unspecified atom stereocenters. The fourth-order valence-electron chi connectivity index (χ4n) is 4.09. The maximum Gasteiger partial charge on any atom is 0.329 e. The van der Waals surface area contributed by atoms with Crippen LogP contribution in [0.25, 0.3) is 33.7 Å². The minimum absolute atomic E-state index is 0.103. The van der Waals surface area contributed by atoms with Crippen LogP contribution in [0, 0.1) is 13.8 Å². The van der Waals surface area contributed by atoms with Crippen LogP contribution >= 0.6 is 0 Å². The van der Waals surface area contributed by atoms with Crippen molar-refractivity contribution >= 4 is 10.9 Å². The van der Waals surface area contributed by atoms with Gasteiger partial charge in [-0.2, -0.15) is 4.98 Å². The van der Waals surface area contributed by atoms with Crippen molar-refractivity contribution in [2.45, 2.75) is 20.4 Å². The Morgan fingerprint density at radius 1 is 0.914 bits per heavy atom. The third kappa shape index (κ3) is 3.67. The number of aromatic nitrogens is 4. The summed E-state index contributed by atoms with van der Waals surface area (Å²) in [5, 5.41) is 4.47. The molecule has 1 aliphatic heterocycles. The molecule has 0 atom stereocenters. The predicted octanol–water partition coefficient (Wildman–Crippen LogP) is 3.80. The first-order valence-electron chi connectivity index (χ1n) is 11.0. The Hall–Kier alpha value is -4.66. The van der Waals surface area contributed by atoms with Crippen LogP contribution in [0.4, 0.5) is 0 Å². The molecular weight excluding hydrogens is 448 g/mol. The Morgan fingerprint density at radius 3 is 2.60 bits per heavy atom. The second-order valence-electron chi connectivity index (χ2n) is 8.49. The third-order valence-electron chi connectivity index (χ3n) is 6.20. The highest BCUT2D eigenvalue weighted by Gasteiger charge is 2.16. The Kier molecular flexibility index (Phi) is 4.77. The fraction of sp³-hybridized carbons (Fsp3) is 0.154. The van der Waals surface area contributed by atoms with Gasteiger partial charge < -0.3 is 19.0 Å². The summed E-state index contributed by atoms with van der Waals surface area (Å²) in [5.41, 5.74) is 4.00. The summed E-state index contributed by atoms with van der Waals surface area (Å²) >= 11 is 0. The van der Waals surface area contributed by atoms with E-state index in [4.69, 9.17) is 14.0 Å². The van der Waals surface area contributed by atoms with Crippen molar-refractivity contribution < 1.29 is 14.0 Å². The van der Waals surface area contributed by atoms with E-state index < -0.39 is 11.2 Å². The molecule has 3 heterocycles. The van der Waals surface area contributed by atoms with E-state index in [0.717, 1.165) is 21.3 Å². The van der Waals surface area contributed by atoms with E-state index in [2.05, 4.69) is 15.1 Å². The Bertz CT molecular complexity index is 1730. The Morgan fingerprint density at radius 2 is 1.74 bits per heavy atom. The highest BCUT2D eigenvalue weighted by Crippen LogP contribution is 2.32. The first-order valence-corrected chi connectivity index (χ1v) is 11.0. The summed E-state index contributed by atoms with van der Waals surface area (Å²) in [6, 6.07) is 16.3. The maximum absolute atomic E-state index is 13.1. The number of fused-ring (bicyclic) bond motifs is 2. The molecule has 0 saturated carbocycles. The molecule has 6 rings (SSSR count). The van der Waals surface area contributed by atoms with Crippen molar-refractivity contribution in [1.82, 2.24) is 19.7 Å². The lowest BCUT2D eigenvalue weighted by molar-refractivity contribution is 0.174. The number of ether oxygens (including phenoxy) is 2. The van der Waals surface area contributed by atoms with Crippen molar-refractivity contribution in [3.63, 3.8) is 0 Å². The predicted molar refractivity (Wildman–Crippen MR) is 129 cm³/mol. The molecule has 174 valence electrons. The normalized spacial score (nSPS) is 12.4. The van der Waals surface area contributed by atoms with Crippen LogP contribution in [0.5, 0.6) is 11.5 Å². The summed E-state index contributed by atoms with van der Waals surface area (Å²) in [7, 11) is 0. The second kappa shape index (κ2) is 7.98. The maximum atomic E-state index is 13.1. The van der Waals surface area contributed by atoms with Crippen molar-refractivity contribution in [2.75, 3.05) is 6.79 Å². The molecular formula is C26H20N4O5. The van der Waals surface area contributed by atoms with Gasteiger partial charge in [0.15, 0.2) is 11.5 Å². The first-order chi connectivity index (χ1) is 17.0. The van der Waals surface area contributed by atoms with Gasteiger partial charge in [-0.3, -0.25) is 9.36 Å². The lowest BCUT2D eigenvalue weighted by atomic mass is 10.1. The van der Waals surface area contributed by atoms with Crippen LogP contribution < -0.4 is 20.7 Å². The summed E-state index contributed by atoms with van der Waals surface area (Å²) in [4.78, 5) is 33.2. The quantitative estimate of drug-likeness (QED) is 0.427. The highest BCUT2D eigenvalue weighted by atomic mass is 16.7. The minimum atomic E-state index is -0.515. The molecule has 0 radical (unpaired) electrons. The number of nitrogens with zero attached hydrogens (tertiary/aromatic N) is 3. The van der Waals surface area contributed by atoms with Crippen molar-refractivity contribution in [2.24, 2.45) is 0 Å². The molecule has 0 spiro atoms. The Labute approximate surface area is 198 Å². The van der Waals surface area contributed by atoms with Gasteiger partial charge in [0.1, 0.15) is 0 Å². The largest absolute Gasteiger partial charge is 0.454 e. The average Bonchev–Trinajstić information content (AvgIpc) is 3.53. The van der Waals surface area contributed by atoms with Crippen LogP contribution in [0.3, 0.4) is 0 Å². The lowest BCUT2D eigenvalue weighted by Gasteiger charge is -2.08. The van der Waals surface area contributed by atoms with Crippen LogP contribution in [-0.4, -0.2) is 26.5 Å².